The van der Waals surface area contributed by atoms with Gasteiger partial charge in [-0.25, -0.2) is 0 Å². The lowest BCUT2D eigenvalue weighted by molar-refractivity contribution is 0.297. The summed E-state index contributed by atoms with van der Waals surface area (Å²) >= 11 is 0. The Morgan fingerprint density at radius 3 is 1.76 bits per heavy atom. The quantitative estimate of drug-likeness (QED) is 0.301. The van der Waals surface area contributed by atoms with Gasteiger partial charge < -0.3 is 9.47 Å². The molecule has 0 spiro atoms. The number of rotatable bonds is 13. The fourth-order valence-corrected chi connectivity index (χ4v) is 2.39. The van der Waals surface area contributed by atoms with E-state index < -0.39 is 0 Å². The Kier molecular flexibility index (Phi) is 10.9. The minimum atomic E-state index is 0.722. The van der Waals surface area contributed by atoms with Crippen molar-refractivity contribution in [1.29, 1.82) is 0 Å². The molecule has 0 saturated carbocycles. The predicted octanol–water partition coefficient (Wildman–Crippen LogP) is 6.50. The molecule has 0 aromatic heterocycles. The van der Waals surface area contributed by atoms with Crippen LogP contribution in [0.3, 0.4) is 0 Å². The summed E-state index contributed by atoms with van der Waals surface area (Å²) in [6.07, 6.45) is 17.1. The zero-order valence-corrected chi connectivity index (χ0v) is 15.8. The standard InChI is InChI=1S/C23H32O2/c1-5-7-9-11-13-15-17-25-23-19-20(3)22(18-21(23)4)24-16-14-12-10-8-6-2/h5-10,18-19H,1-2,11-17H2,3-4H3/b9-7+,10-8+. The second-order valence-electron chi connectivity index (χ2n) is 6.05. The zero-order chi connectivity index (χ0) is 18.3. The number of aryl methyl sites for hydroxylation is 2. The summed E-state index contributed by atoms with van der Waals surface area (Å²) in [5.74, 6) is 1.91. The van der Waals surface area contributed by atoms with E-state index in [0.29, 0.717) is 0 Å². The van der Waals surface area contributed by atoms with Crippen LogP contribution < -0.4 is 9.47 Å². The van der Waals surface area contributed by atoms with Crippen molar-refractivity contribution in [3.63, 3.8) is 0 Å². The summed E-state index contributed by atoms with van der Waals surface area (Å²) in [4.78, 5) is 0. The van der Waals surface area contributed by atoms with E-state index in [4.69, 9.17) is 9.47 Å². The molecule has 1 aromatic rings. The number of ether oxygens (including phenoxy) is 2. The minimum absolute atomic E-state index is 0.722. The van der Waals surface area contributed by atoms with Gasteiger partial charge in [0.05, 0.1) is 13.2 Å². The summed E-state index contributed by atoms with van der Waals surface area (Å²) in [6, 6.07) is 4.16. The largest absolute Gasteiger partial charge is 0.493 e. The topological polar surface area (TPSA) is 18.5 Å². The van der Waals surface area contributed by atoms with E-state index in [1.165, 1.54) is 0 Å². The van der Waals surface area contributed by atoms with E-state index in [-0.39, 0.29) is 0 Å². The van der Waals surface area contributed by atoms with Crippen molar-refractivity contribution in [3.8, 4) is 11.5 Å². The van der Waals surface area contributed by atoms with E-state index >= 15 is 0 Å². The average molecular weight is 341 g/mol. The Morgan fingerprint density at radius 1 is 0.760 bits per heavy atom. The number of benzene rings is 1. The highest BCUT2D eigenvalue weighted by Crippen LogP contribution is 2.28. The monoisotopic (exact) mass is 340 g/mol. The molecular formula is C23H32O2. The Bertz CT molecular complexity index is 582. The van der Waals surface area contributed by atoms with Crippen LogP contribution in [0.25, 0.3) is 0 Å². The maximum Gasteiger partial charge on any atom is 0.122 e. The molecule has 2 nitrogen and oxygen atoms in total. The summed E-state index contributed by atoms with van der Waals surface area (Å²) in [5, 5.41) is 0. The molecule has 0 saturated heterocycles. The maximum absolute atomic E-state index is 5.93. The van der Waals surface area contributed by atoms with Crippen LogP contribution in [0.5, 0.6) is 11.5 Å². The van der Waals surface area contributed by atoms with Gasteiger partial charge in [0.15, 0.2) is 0 Å². The SMILES string of the molecule is C=C/C=C/CCCCOc1cc(C)c(OCCC/C=C/C=C)cc1C. The highest BCUT2D eigenvalue weighted by Gasteiger charge is 2.06. The fraction of sp³-hybridized carbons (Fsp3) is 0.391. The van der Waals surface area contributed by atoms with Gasteiger partial charge in [0.25, 0.3) is 0 Å². The molecule has 0 radical (unpaired) electrons. The molecule has 0 aliphatic carbocycles. The van der Waals surface area contributed by atoms with Gasteiger partial charge in [0.2, 0.25) is 0 Å². The Labute approximate surface area is 153 Å². The molecule has 136 valence electrons. The lowest BCUT2D eigenvalue weighted by atomic mass is 10.1. The molecule has 0 heterocycles. The van der Waals surface area contributed by atoms with Gasteiger partial charge in [0.1, 0.15) is 11.5 Å². The van der Waals surface area contributed by atoms with Crippen molar-refractivity contribution in [2.45, 2.75) is 46.0 Å². The lowest BCUT2D eigenvalue weighted by Crippen LogP contribution is -2.02. The van der Waals surface area contributed by atoms with Crippen molar-refractivity contribution < 1.29 is 9.47 Å². The molecule has 0 bridgehead atoms. The van der Waals surface area contributed by atoms with E-state index in [1.54, 1.807) is 6.08 Å². The first-order valence-corrected chi connectivity index (χ1v) is 9.11. The molecule has 0 fully saturated rings. The van der Waals surface area contributed by atoms with Crippen LogP contribution in [0, 0.1) is 13.8 Å². The molecule has 0 amide bonds. The first-order chi connectivity index (χ1) is 12.2. The lowest BCUT2D eigenvalue weighted by Gasteiger charge is -2.14. The van der Waals surface area contributed by atoms with Gasteiger partial charge in [-0.2, -0.15) is 0 Å². The van der Waals surface area contributed by atoms with Crippen molar-refractivity contribution in [2.24, 2.45) is 0 Å². The molecule has 0 unspecified atom stereocenters. The van der Waals surface area contributed by atoms with E-state index in [9.17, 15) is 0 Å². The normalized spacial score (nSPS) is 11.1. The van der Waals surface area contributed by atoms with Crippen LogP contribution in [0.15, 0.2) is 61.7 Å². The molecule has 2 heteroatoms. The number of unbranched alkanes of at least 4 members (excludes halogenated alkanes) is 3. The molecule has 0 atom stereocenters. The fourth-order valence-electron chi connectivity index (χ4n) is 2.39. The van der Waals surface area contributed by atoms with Gasteiger partial charge in [-0.15, -0.1) is 0 Å². The number of hydrogen-bond acceptors (Lipinski definition) is 2. The van der Waals surface area contributed by atoms with Crippen LogP contribution >= 0.6 is 0 Å². The van der Waals surface area contributed by atoms with Crippen molar-refractivity contribution in [3.05, 3.63) is 72.9 Å². The molecule has 0 aliphatic heterocycles. The molecule has 0 N–H and O–H groups in total. The van der Waals surface area contributed by atoms with E-state index in [2.05, 4.69) is 51.3 Å². The average Bonchev–Trinajstić information content (AvgIpc) is 2.60. The predicted molar refractivity (Wildman–Crippen MR) is 109 cm³/mol. The van der Waals surface area contributed by atoms with Crippen LogP contribution in [0.1, 0.15) is 43.2 Å². The van der Waals surface area contributed by atoms with Crippen LogP contribution in [0.2, 0.25) is 0 Å². The van der Waals surface area contributed by atoms with Gasteiger partial charge >= 0.3 is 0 Å². The summed E-state index contributed by atoms with van der Waals surface area (Å²) < 4.78 is 11.8. The number of hydrogen-bond donors (Lipinski definition) is 0. The smallest absolute Gasteiger partial charge is 0.122 e. The highest BCUT2D eigenvalue weighted by molar-refractivity contribution is 5.45. The van der Waals surface area contributed by atoms with Crippen molar-refractivity contribution in [2.75, 3.05) is 13.2 Å². The van der Waals surface area contributed by atoms with Crippen LogP contribution in [-0.2, 0) is 0 Å². The number of allylic oxidation sites excluding steroid dienone is 6. The highest BCUT2D eigenvalue weighted by atomic mass is 16.5. The second-order valence-corrected chi connectivity index (χ2v) is 6.05. The zero-order valence-electron chi connectivity index (χ0n) is 15.8. The molecular weight excluding hydrogens is 308 g/mol. The van der Waals surface area contributed by atoms with E-state index in [1.807, 2.05) is 18.2 Å². The molecule has 1 rings (SSSR count). The van der Waals surface area contributed by atoms with Gasteiger partial charge in [-0.3, -0.25) is 0 Å². The van der Waals surface area contributed by atoms with Crippen molar-refractivity contribution in [1.82, 2.24) is 0 Å². The Balaban J connectivity index is 2.38. The van der Waals surface area contributed by atoms with E-state index in [0.717, 1.165) is 67.9 Å². The maximum atomic E-state index is 5.93. The van der Waals surface area contributed by atoms with Gasteiger partial charge in [0, 0.05) is 0 Å². The first-order valence-electron chi connectivity index (χ1n) is 9.11. The molecule has 0 aliphatic rings. The van der Waals surface area contributed by atoms with Crippen molar-refractivity contribution >= 4 is 0 Å². The Hall–Kier alpha value is -2.22. The third-order valence-electron chi connectivity index (χ3n) is 3.81. The molecule has 25 heavy (non-hydrogen) atoms. The van der Waals surface area contributed by atoms with Gasteiger partial charge in [-0.1, -0.05) is 49.6 Å². The summed E-state index contributed by atoms with van der Waals surface area (Å²) in [6.45, 7) is 12.9. The van der Waals surface area contributed by atoms with Gasteiger partial charge in [-0.05, 0) is 69.2 Å². The first kappa shape index (κ1) is 20.8. The summed E-state index contributed by atoms with van der Waals surface area (Å²) in [7, 11) is 0. The van der Waals surface area contributed by atoms with Crippen LogP contribution in [0.4, 0.5) is 0 Å². The van der Waals surface area contributed by atoms with Crippen LogP contribution in [-0.4, -0.2) is 13.2 Å². The Morgan fingerprint density at radius 2 is 1.24 bits per heavy atom. The summed E-state index contributed by atoms with van der Waals surface area (Å²) in [5.41, 5.74) is 2.25. The minimum Gasteiger partial charge on any atom is -0.493 e. The third kappa shape index (κ3) is 8.99. The molecule has 1 aromatic carbocycles. The second kappa shape index (κ2) is 13.1. The third-order valence-corrected chi connectivity index (χ3v) is 3.81.